The number of allylic oxidation sites excluding steroid dienone is 2. The molecule has 13 nitrogen and oxygen atoms in total. The lowest BCUT2D eigenvalue weighted by atomic mass is 9.81. The zero-order valence-electron chi connectivity index (χ0n) is 31.4. The molecular weight excluding hydrogens is 738 g/mol. The highest BCUT2D eigenvalue weighted by atomic mass is 32.1. The number of aryl methyl sites for hydroxylation is 2. The van der Waals surface area contributed by atoms with E-state index in [0.717, 1.165) is 39.5 Å². The molecule has 0 aliphatic carbocycles. The van der Waals surface area contributed by atoms with Crippen molar-refractivity contribution in [2.45, 2.75) is 52.0 Å². The first kappa shape index (κ1) is 38.7. The zero-order valence-corrected chi connectivity index (χ0v) is 32.2. The molecule has 0 fully saturated rings. The van der Waals surface area contributed by atoms with E-state index in [-0.39, 0.29) is 50.0 Å². The minimum atomic E-state index is -1.36. The fraction of sp³-hybridized carbons (Fsp3) is 0.325. The molecule has 0 saturated carbocycles. The van der Waals surface area contributed by atoms with Gasteiger partial charge in [-0.15, -0.1) is 11.3 Å². The van der Waals surface area contributed by atoms with E-state index in [0.29, 0.717) is 48.3 Å². The molecule has 2 aromatic carbocycles. The van der Waals surface area contributed by atoms with Crippen LogP contribution in [0, 0.1) is 13.8 Å². The van der Waals surface area contributed by atoms with Gasteiger partial charge in [0.2, 0.25) is 11.8 Å². The first-order valence-corrected chi connectivity index (χ1v) is 19.3. The normalized spacial score (nSPS) is 17.2. The van der Waals surface area contributed by atoms with Crippen molar-refractivity contribution >= 4 is 53.3 Å². The number of hydrogen-bond acceptors (Lipinski definition) is 9. The Morgan fingerprint density at radius 3 is 2.68 bits per heavy atom. The van der Waals surface area contributed by atoms with Crippen molar-refractivity contribution in [3.63, 3.8) is 0 Å². The molecule has 0 saturated heterocycles. The molecule has 2 amide bonds. The summed E-state index contributed by atoms with van der Waals surface area (Å²) < 4.78 is 37.1. The van der Waals surface area contributed by atoms with Gasteiger partial charge in [0.25, 0.3) is 0 Å². The molecule has 3 aliphatic rings. The summed E-state index contributed by atoms with van der Waals surface area (Å²) in [4.78, 5) is 41.3. The molecule has 3 aliphatic heterocycles. The summed E-state index contributed by atoms with van der Waals surface area (Å²) in [6.07, 6.45) is 8.83. The molecule has 1 atom stereocenters. The second-order valence-corrected chi connectivity index (χ2v) is 15.0. The monoisotopic (exact) mass is 781 g/mol. The maximum atomic E-state index is 15.6. The number of fused-ring (bicyclic) bond motifs is 3. The Labute approximate surface area is 328 Å². The van der Waals surface area contributed by atoms with Gasteiger partial charge in [-0.2, -0.15) is 0 Å². The number of ether oxygens (including phenoxy) is 3. The lowest BCUT2D eigenvalue weighted by Crippen LogP contribution is -2.47. The molecule has 291 valence electrons. The molecule has 16 heteroatoms. The van der Waals surface area contributed by atoms with Gasteiger partial charge in [0.05, 0.1) is 18.8 Å². The van der Waals surface area contributed by atoms with E-state index in [1.807, 2.05) is 57.2 Å². The molecule has 1 radical (unpaired) electrons. The van der Waals surface area contributed by atoms with Gasteiger partial charge in [-0.1, -0.05) is 0 Å². The molecule has 7 rings (SSSR count). The molecule has 56 heavy (non-hydrogen) atoms. The van der Waals surface area contributed by atoms with Crippen LogP contribution in [-0.2, 0) is 26.3 Å². The number of carboxylic acids is 1. The van der Waals surface area contributed by atoms with Crippen LogP contribution in [0.2, 0.25) is 0 Å². The summed E-state index contributed by atoms with van der Waals surface area (Å²) >= 11 is 1.35. The molecule has 2 aromatic heterocycles. The Morgan fingerprint density at radius 2 is 1.91 bits per heavy atom. The number of thiazole rings is 1. The predicted molar refractivity (Wildman–Crippen MR) is 211 cm³/mol. The number of amides is 2. The number of anilines is 1. The molecule has 4 N–H and O–H groups in total. The van der Waals surface area contributed by atoms with Crippen LogP contribution in [0.1, 0.15) is 64.6 Å². The number of carboxylic acid groups (broad SMARTS) is 1. The average Bonchev–Trinajstić information content (AvgIpc) is 3.90. The molecule has 5 heterocycles. The molecule has 0 spiro atoms. The van der Waals surface area contributed by atoms with Gasteiger partial charge < -0.3 is 48.5 Å². The summed E-state index contributed by atoms with van der Waals surface area (Å²) in [6, 6.07) is 11.8. The van der Waals surface area contributed by atoms with Gasteiger partial charge >= 0.3 is 13.2 Å². The molecule has 0 unspecified atom stereocenters. The van der Waals surface area contributed by atoms with Crippen LogP contribution in [0.4, 0.5) is 9.45 Å². The van der Waals surface area contributed by atoms with Gasteiger partial charge in [0.15, 0.2) is 22.3 Å². The lowest BCUT2D eigenvalue weighted by Gasteiger charge is -2.37. The second kappa shape index (κ2) is 16.7. The van der Waals surface area contributed by atoms with Crippen LogP contribution in [-0.4, -0.2) is 82.7 Å². The van der Waals surface area contributed by atoms with Gasteiger partial charge in [0, 0.05) is 73.4 Å². The van der Waals surface area contributed by atoms with E-state index >= 15 is 4.32 Å². The third-order valence-electron chi connectivity index (χ3n) is 10.1. The molecule has 4 aromatic rings. The van der Waals surface area contributed by atoms with Crippen molar-refractivity contribution in [1.82, 2.24) is 20.1 Å². The van der Waals surface area contributed by atoms with Crippen molar-refractivity contribution in [2.24, 2.45) is 0 Å². The molecule has 0 bridgehead atoms. The van der Waals surface area contributed by atoms with Crippen LogP contribution in [0.25, 0.3) is 6.08 Å². The maximum absolute atomic E-state index is 15.6. The summed E-state index contributed by atoms with van der Waals surface area (Å²) in [5, 5.41) is 20.9. The number of aromatic carboxylic acids is 1. The topological polar surface area (TPSA) is 156 Å². The maximum Gasteiger partial charge on any atom is 0.533 e. The second-order valence-electron chi connectivity index (χ2n) is 14.1. The number of benzene rings is 2. The highest BCUT2D eigenvalue weighted by Crippen LogP contribution is 2.41. The fourth-order valence-corrected chi connectivity index (χ4v) is 7.90. The van der Waals surface area contributed by atoms with E-state index in [2.05, 4.69) is 20.9 Å². The Balaban J connectivity index is 0.929. The average molecular weight is 782 g/mol. The zero-order chi connectivity index (χ0) is 39.4. The third-order valence-corrected chi connectivity index (χ3v) is 10.8. The summed E-state index contributed by atoms with van der Waals surface area (Å²) in [5.74, 6) is -0.0952. The van der Waals surface area contributed by atoms with Crippen molar-refractivity contribution in [2.75, 3.05) is 38.2 Å². The highest BCUT2D eigenvalue weighted by molar-refractivity contribution is 7.13. The number of nitrogens with zero attached hydrogens (tertiary/aromatic N) is 3. The summed E-state index contributed by atoms with van der Waals surface area (Å²) in [6.45, 7) is 7.48. The number of halogens is 1. The number of carbonyl (C=O) groups is 3. The van der Waals surface area contributed by atoms with E-state index in [9.17, 15) is 19.5 Å². The minimum absolute atomic E-state index is 0.130. The number of carbonyl (C=O) groups excluding carboxylic acids is 2. The van der Waals surface area contributed by atoms with E-state index in [4.69, 9.17) is 14.2 Å². The Kier molecular flexibility index (Phi) is 11.5. The third kappa shape index (κ3) is 8.47. The molecular formula is C40H43BFN6O7S. The van der Waals surface area contributed by atoms with Crippen LogP contribution >= 0.6 is 11.3 Å². The first-order valence-electron chi connectivity index (χ1n) is 18.5. The van der Waals surface area contributed by atoms with Crippen molar-refractivity contribution in [3.8, 4) is 17.2 Å². The minimum Gasteiger partial charge on any atom is -0.487 e. The van der Waals surface area contributed by atoms with E-state index < -0.39 is 18.8 Å². The van der Waals surface area contributed by atoms with Gasteiger partial charge in [-0.25, -0.2) is 9.78 Å². The standard InChI is InChI=1S/C40H42BFN6O7S/c1-25-20-26(2)47-33(25)22-30-7-6-29(48(30)41(47)42)8-11-36(49)43-14-16-53-17-18-54-34-21-28-12-13-45-40(3,24-37(50)46-39-44-15-19-56-39)32(28)23-35(34)55-31-9-4-27(5-10-31)38(51)52/h4-7,9-10,15,19-23,45H,8,11-14,16-18,24H2,1-3H3,(H2-,43,44,46,49,50,51,52)/q-1/p+1/t40-/m1/s1. The van der Waals surface area contributed by atoms with Crippen LogP contribution in [0.3, 0.4) is 0 Å². The largest absolute Gasteiger partial charge is 0.533 e. The van der Waals surface area contributed by atoms with Crippen molar-refractivity contribution in [3.05, 3.63) is 106 Å². The smallest absolute Gasteiger partial charge is 0.487 e. The SMILES string of the molecule is Cc1cc(C)n2c1C=C1C=CC(CCC(=O)NCCOCCOc3cc4c(cc3Oc3ccc(C(=O)O)cc3)[C@@](C)(CC(=O)Nc3nccs3)NCC4)=[N+]1[B-]2F. The summed E-state index contributed by atoms with van der Waals surface area (Å²) in [5.41, 5.74) is 5.58. The first-order chi connectivity index (χ1) is 27.0. The van der Waals surface area contributed by atoms with E-state index in [1.54, 1.807) is 32.7 Å². The Morgan fingerprint density at radius 1 is 1.09 bits per heavy atom. The van der Waals surface area contributed by atoms with Crippen molar-refractivity contribution in [1.29, 1.82) is 0 Å². The van der Waals surface area contributed by atoms with Gasteiger partial charge in [-0.05, 0) is 92.0 Å². The number of rotatable bonds is 16. The fourth-order valence-electron chi connectivity index (χ4n) is 7.36. The van der Waals surface area contributed by atoms with Crippen LogP contribution < -0.4 is 25.4 Å². The van der Waals surface area contributed by atoms with Gasteiger partial charge in [-0.3, -0.25) is 9.59 Å². The Bertz CT molecular complexity index is 2240. The lowest BCUT2D eigenvalue weighted by molar-refractivity contribution is -0.335. The van der Waals surface area contributed by atoms with Crippen LogP contribution in [0.15, 0.2) is 71.9 Å². The Hall–Kier alpha value is -5.58. The quantitative estimate of drug-likeness (QED) is 0.0839. The van der Waals surface area contributed by atoms with E-state index in [1.165, 1.54) is 23.5 Å². The van der Waals surface area contributed by atoms with Crippen LogP contribution in [0.5, 0.6) is 17.2 Å². The number of hydrogen-bond donors (Lipinski definition) is 4. The van der Waals surface area contributed by atoms with Crippen molar-refractivity contribution < 1.29 is 42.5 Å². The number of nitrogens with one attached hydrogen (secondary N) is 3. The summed E-state index contributed by atoms with van der Waals surface area (Å²) in [7, 11) is -1.36. The highest BCUT2D eigenvalue weighted by Gasteiger charge is 2.36. The number of aromatic nitrogens is 2. The predicted octanol–water partition coefficient (Wildman–Crippen LogP) is 5.61. The van der Waals surface area contributed by atoms with Gasteiger partial charge in [0.1, 0.15) is 18.1 Å².